The number of aryl methyl sites for hydroxylation is 1. The molecular weight excluding hydrogens is 230 g/mol. The van der Waals surface area contributed by atoms with Crippen LogP contribution < -0.4 is 10.6 Å². The minimum atomic E-state index is 0.0178. The van der Waals surface area contributed by atoms with Crippen LogP contribution in [-0.2, 0) is 0 Å². The topological polar surface area (TPSA) is 87.6 Å². The first-order chi connectivity index (χ1) is 8.63. The summed E-state index contributed by atoms with van der Waals surface area (Å²) in [6.07, 6.45) is 2.57. The normalized spacial score (nSPS) is 15.8. The Labute approximate surface area is 107 Å². The van der Waals surface area contributed by atoms with Crippen LogP contribution in [-0.4, -0.2) is 34.1 Å². The van der Waals surface area contributed by atoms with Crippen molar-refractivity contribution in [1.29, 1.82) is 0 Å². The molecule has 6 heteroatoms. The fourth-order valence-corrected chi connectivity index (χ4v) is 1.84. The highest BCUT2D eigenvalue weighted by molar-refractivity contribution is 5.95. The van der Waals surface area contributed by atoms with E-state index in [0.717, 1.165) is 24.7 Å². The lowest BCUT2D eigenvalue weighted by Crippen LogP contribution is -2.28. The summed E-state index contributed by atoms with van der Waals surface area (Å²) in [5.74, 6) is 1.44. The van der Waals surface area contributed by atoms with Gasteiger partial charge in [-0.2, -0.15) is 0 Å². The molecule has 0 atom stereocenters. The van der Waals surface area contributed by atoms with Crippen LogP contribution in [0.1, 0.15) is 31.2 Å². The number of nitrogens with zero attached hydrogens (tertiary/aromatic N) is 4. The molecule has 0 unspecified atom stereocenters. The number of nitrogens with two attached hydrogens (primary N) is 1. The highest BCUT2D eigenvalue weighted by Crippen LogP contribution is 2.30. The molecule has 1 aromatic heterocycles. The Balaban J connectivity index is 2.27. The standard InChI is InChI=1S/C12H19N5O/c1-3-17(7-9-4-5-9)12-14-8(2)6-10(15-12)11(13)16-18/h6,9,18H,3-5,7H2,1-2H3,(H2,13,16). The maximum absolute atomic E-state index is 8.71. The van der Waals surface area contributed by atoms with Crippen molar-refractivity contribution >= 4 is 11.8 Å². The van der Waals surface area contributed by atoms with Crippen molar-refractivity contribution in [1.82, 2.24) is 9.97 Å². The molecule has 0 radical (unpaired) electrons. The summed E-state index contributed by atoms with van der Waals surface area (Å²) in [7, 11) is 0. The molecule has 0 aliphatic heterocycles. The minimum absolute atomic E-state index is 0.0178. The first-order valence-electron chi connectivity index (χ1n) is 6.22. The van der Waals surface area contributed by atoms with Crippen molar-refractivity contribution in [2.24, 2.45) is 16.8 Å². The largest absolute Gasteiger partial charge is 0.409 e. The monoisotopic (exact) mass is 249 g/mol. The van der Waals surface area contributed by atoms with Gasteiger partial charge in [0.1, 0.15) is 5.69 Å². The predicted octanol–water partition coefficient (Wildman–Crippen LogP) is 1.12. The maximum atomic E-state index is 8.71. The first kappa shape index (κ1) is 12.6. The van der Waals surface area contributed by atoms with E-state index in [4.69, 9.17) is 10.9 Å². The van der Waals surface area contributed by atoms with Crippen LogP contribution in [0.15, 0.2) is 11.2 Å². The Bertz CT molecular complexity index is 456. The highest BCUT2D eigenvalue weighted by atomic mass is 16.4. The number of amidine groups is 1. The Morgan fingerprint density at radius 2 is 2.28 bits per heavy atom. The van der Waals surface area contributed by atoms with Gasteiger partial charge < -0.3 is 15.8 Å². The third-order valence-corrected chi connectivity index (χ3v) is 3.05. The Morgan fingerprint density at radius 3 is 2.83 bits per heavy atom. The lowest BCUT2D eigenvalue weighted by atomic mass is 10.3. The summed E-state index contributed by atoms with van der Waals surface area (Å²) in [5.41, 5.74) is 6.86. The summed E-state index contributed by atoms with van der Waals surface area (Å²) in [6, 6.07) is 1.71. The second-order valence-electron chi connectivity index (χ2n) is 4.66. The smallest absolute Gasteiger partial charge is 0.226 e. The summed E-state index contributed by atoms with van der Waals surface area (Å²) in [5, 5.41) is 11.7. The molecule has 1 aromatic rings. The molecule has 0 spiro atoms. The zero-order valence-corrected chi connectivity index (χ0v) is 10.8. The summed E-state index contributed by atoms with van der Waals surface area (Å²) in [4.78, 5) is 10.9. The SMILES string of the molecule is CCN(CC1CC1)c1nc(C)cc(/C(N)=N/O)n1. The van der Waals surface area contributed by atoms with E-state index in [1.165, 1.54) is 12.8 Å². The van der Waals surface area contributed by atoms with E-state index in [0.29, 0.717) is 11.6 Å². The van der Waals surface area contributed by atoms with E-state index in [-0.39, 0.29) is 5.84 Å². The molecule has 3 N–H and O–H groups in total. The van der Waals surface area contributed by atoms with Gasteiger partial charge in [0.2, 0.25) is 5.95 Å². The van der Waals surface area contributed by atoms with Crippen LogP contribution >= 0.6 is 0 Å². The van der Waals surface area contributed by atoms with Crippen molar-refractivity contribution in [2.75, 3.05) is 18.0 Å². The van der Waals surface area contributed by atoms with Gasteiger partial charge in [0.25, 0.3) is 0 Å². The van der Waals surface area contributed by atoms with Crippen molar-refractivity contribution < 1.29 is 5.21 Å². The zero-order chi connectivity index (χ0) is 13.1. The quantitative estimate of drug-likeness (QED) is 0.353. The van der Waals surface area contributed by atoms with E-state index in [1.807, 2.05) is 6.92 Å². The Morgan fingerprint density at radius 1 is 1.56 bits per heavy atom. The van der Waals surface area contributed by atoms with Gasteiger partial charge in [-0.3, -0.25) is 0 Å². The fraction of sp³-hybridized carbons (Fsp3) is 0.583. The van der Waals surface area contributed by atoms with E-state index in [1.54, 1.807) is 6.07 Å². The number of aromatic nitrogens is 2. The van der Waals surface area contributed by atoms with Gasteiger partial charge >= 0.3 is 0 Å². The Hall–Kier alpha value is -1.85. The molecule has 1 heterocycles. The highest BCUT2D eigenvalue weighted by Gasteiger charge is 2.25. The molecule has 2 rings (SSSR count). The lowest BCUT2D eigenvalue weighted by Gasteiger charge is -2.21. The molecular formula is C12H19N5O. The molecule has 1 fully saturated rings. The van der Waals surface area contributed by atoms with Crippen molar-refractivity contribution in [2.45, 2.75) is 26.7 Å². The minimum Gasteiger partial charge on any atom is -0.409 e. The zero-order valence-electron chi connectivity index (χ0n) is 10.8. The maximum Gasteiger partial charge on any atom is 0.226 e. The number of oxime groups is 1. The van der Waals surface area contributed by atoms with Gasteiger partial charge in [0, 0.05) is 18.8 Å². The molecule has 98 valence electrons. The lowest BCUT2D eigenvalue weighted by molar-refractivity contribution is 0.318. The van der Waals surface area contributed by atoms with Crippen LogP contribution in [0.2, 0.25) is 0 Å². The van der Waals surface area contributed by atoms with Crippen molar-refractivity contribution in [3.8, 4) is 0 Å². The van der Waals surface area contributed by atoms with Gasteiger partial charge in [-0.25, -0.2) is 9.97 Å². The predicted molar refractivity (Wildman–Crippen MR) is 69.9 cm³/mol. The second-order valence-corrected chi connectivity index (χ2v) is 4.66. The van der Waals surface area contributed by atoms with Crippen molar-refractivity contribution in [3.05, 3.63) is 17.5 Å². The summed E-state index contributed by atoms with van der Waals surface area (Å²) < 4.78 is 0. The molecule has 0 saturated heterocycles. The van der Waals surface area contributed by atoms with E-state index in [9.17, 15) is 0 Å². The first-order valence-corrected chi connectivity index (χ1v) is 6.22. The van der Waals surface area contributed by atoms with Crippen LogP contribution in [0, 0.1) is 12.8 Å². The summed E-state index contributed by atoms with van der Waals surface area (Å²) in [6.45, 7) is 5.80. The van der Waals surface area contributed by atoms with Gasteiger partial charge in [0.05, 0.1) is 0 Å². The van der Waals surface area contributed by atoms with Crippen LogP contribution in [0.3, 0.4) is 0 Å². The van der Waals surface area contributed by atoms with Gasteiger partial charge in [-0.1, -0.05) is 5.16 Å². The molecule has 1 saturated carbocycles. The molecule has 1 aliphatic rings. The molecule has 0 bridgehead atoms. The van der Waals surface area contributed by atoms with Gasteiger partial charge in [-0.05, 0) is 38.7 Å². The van der Waals surface area contributed by atoms with E-state index < -0.39 is 0 Å². The van der Waals surface area contributed by atoms with Crippen LogP contribution in [0.4, 0.5) is 5.95 Å². The average molecular weight is 249 g/mol. The third kappa shape index (κ3) is 2.88. The van der Waals surface area contributed by atoms with Gasteiger partial charge in [-0.15, -0.1) is 0 Å². The average Bonchev–Trinajstić information content (AvgIpc) is 3.18. The second kappa shape index (κ2) is 5.20. The van der Waals surface area contributed by atoms with Crippen molar-refractivity contribution in [3.63, 3.8) is 0 Å². The third-order valence-electron chi connectivity index (χ3n) is 3.05. The van der Waals surface area contributed by atoms with Crippen LogP contribution in [0.5, 0.6) is 0 Å². The molecule has 1 aliphatic carbocycles. The number of hydrogen-bond donors (Lipinski definition) is 2. The molecule has 18 heavy (non-hydrogen) atoms. The van der Waals surface area contributed by atoms with Crippen LogP contribution in [0.25, 0.3) is 0 Å². The number of hydrogen-bond acceptors (Lipinski definition) is 5. The Kier molecular flexibility index (Phi) is 3.64. The molecule has 0 amide bonds. The fourth-order valence-electron chi connectivity index (χ4n) is 1.84. The number of rotatable bonds is 5. The molecule has 0 aromatic carbocycles. The van der Waals surface area contributed by atoms with E-state index >= 15 is 0 Å². The molecule has 6 nitrogen and oxygen atoms in total. The number of anilines is 1. The summed E-state index contributed by atoms with van der Waals surface area (Å²) >= 11 is 0. The van der Waals surface area contributed by atoms with Gasteiger partial charge in [0.15, 0.2) is 5.84 Å². The van der Waals surface area contributed by atoms with E-state index in [2.05, 4.69) is 26.9 Å².